The van der Waals surface area contributed by atoms with Gasteiger partial charge in [-0.15, -0.1) is 11.3 Å². The Kier molecular flexibility index (Phi) is 4.20. The molecule has 0 saturated heterocycles. The smallest absolute Gasteiger partial charge is 0.257 e. The van der Waals surface area contributed by atoms with Gasteiger partial charge in [0, 0.05) is 13.1 Å². The van der Waals surface area contributed by atoms with Gasteiger partial charge in [-0.2, -0.15) is 0 Å². The molecule has 96 valence electrons. The van der Waals surface area contributed by atoms with Gasteiger partial charge in [0.2, 0.25) is 0 Å². The molecule has 3 nitrogen and oxygen atoms in total. The topological polar surface area (TPSA) is 46.3 Å². The van der Waals surface area contributed by atoms with Gasteiger partial charge >= 0.3 is 0 Å². The first-order chi connectivity index (χ1) is 7.82. The average molecular weight is 254 g/mol. The lowest BCUT2D eigenvalue weighted by Crippen LogP contribution is -2.32. The first kappa shape index (κ1) is 14.0. The van der Waals surface area contributed by atoms with Crippen molar-refractivity contribution in [2.45, 2.75) is 40.0 Å². The standard InChI is InChI=1S/C13H22N2OS/c1-6-15(7-2)12(16)10-9(13(3,4)5)8-17-11(10)14/h8H,6-7,14H2,1-5H3. The molecule has 17 heavy (non-hydrogen) atoms. The first-order valence-electron chi connectivity index (χ1n) is 5.99. The minimum atomic E-state index is -0.0493. The molecule has 1 rings (SSSR count). The van der Waals surface area contributed by atoms with Crippen LogP contribution in [-0.2, 0) is 5.41 Å². The maximum Gasteiger partial charge on any atom is 0.257 e. The Labute approximate surface area is 108 Å². The van der Waals surface area contributed by atoms with Crippen LogP contribution < -0.4 is 5.73 Å². The van der Waals surface area contributed by atoms with Gasteiger partial charge in [-0.3, -0.25) is 4.79 Å². The molecule has 0 radical (unpaired) electrons. The van der Waals surface area contributed by atoms with E-state index < -0.39 is 0 Å². The van der Waals surface area contributed by atoms with Crippen LogP contribution in [0.1, 0.15) is 50.5 Å². The van der Waals surface area contributed by atoms with Crippen LogP contribution in [0.25, 0.3) is 0 Å². The van der Waals surface area contributed by atoms with Gasteiger partial charge in [-0.25, -0.2) is 0 Å². The predicted octanol–water partition coefficient (Wildman–Crippen LogP) is 3.11. The number of anilines is 1. The number of nitrogens with zero attached hydrogens (tertiary/aromatic N) is 1. The van der Waals surface area contributed by atoms with Crippen LogP contribution in [0, 0.1) is 0 Å². The van der Waals surface area contributed by atoms with E-state index in [-0.39, 0.29) is 11.3 Å². The van der Waals surface area contributed by atoms with E-state index in [1.54, 1.807) is 0 Å². The van der Waals surface area contributed by atoms with E-state index >= 15 is 0 Å². The minimum Gasteiger partial charge on any atom is -0.390 e. The van der Waals surface area contributed by atoms with Crippen molar-refractivity contribution in [3.8, 4) is 0 Å². The van der Waals surface area contributed by atoms with Crippen LogP contribution in [0.15, 0.2) is 5.38 Å². The molecule has 0 fully saturated rings. The Hall–Kier alpha value is -1.03. The number of carbonyl (C=O) groups is 1. The zero-order valence-corrected chi connectivity index (χ0v) is 12.1. The lowest BCUT2D eigenvalue weighted by atomic mass is 9.86. The van der Waals surface area contributed by atoms with Gasteiger partial charge in [-0.05, 0) is 30.2 Å². The summed E-state index contributed by atoms with van der Waals surface area (Å²) in [6.45, 7) is 11.7. The van der Waals surface area contributed by atoms with Crippen molar-refractivity contribution < 1.29 is 4.79 Å². The molecule has 0 aliphatic rings. The molecule has 0 aromatic carbocycles. The number of nitrogens with two attached hydrogens (primary N) is 1. The summed E-state index contributed by atoms with van der Waals surface area (Å²) in [5.74, 6) is 0.0543. The Morgan fingerprint density at radius 3 is 2.29 bits per heavy atom. The molecular weight excluding hydrogens is 232 g/mol. The summed E-state index contributed by atoms with van der Waals surface area (Å²) in [5.41, 5.74) is 7.66. The van der Waals surface area contributed by atoms with E-state index in [0.29, 0.717) is 23.7 Å². The van der Waals surface area contributed by atoms with Crippen molar-refractivity contribution >= 4 is 22.2 Å². The molecule has 0 spiro atoms. The SMILES string of the molecule is CCN(CC)C(=O)c1c(C(C)(C)C)csc1N. The molecule has 0 bridgehead atoms. The van der Waals surface area contributed by atoms with Gasteiger partial charge < -0.3 is 10.6 Å². The second-order valence-corrected chi connectivity index (χ2v) is 6.03. The number of thiophene rings is 1. The van der Waals surface area contributed by atoms with Crippen molar-refractivity contribution in [2.75, 3.05) is 18.8 Å². The van der Waals surface area contributed by atoms with Gasteiger partial charge in [-0.1, -0.05) is 20.8 Å². The third-order valence-corrected chi connectivity index (χ3v) is 3.70. The number of rotatable bonds is 3. The predicted molar refractivity (Wildman–Crippen MR) is 74.7 cm³/mol. The van der Waals surface area contributed by atoms with Crippen molar-refractivity contribution in [3.05, 3.63) is 16.5 Å². The summed E-state index contributed by atoms with van der Waals surface area (Å²) in [7, 11) is 0. The largest absolute Gasteiger partial charge is 0.390 e. The van der Waals surface area contributed by atoms with Crippen LogP contribution in [0.3, 0.4) is 0 Å². The summed E-state index contributed by atoms with van der Waals surface area (Å²) in [6.07, 6.45) is 0. The van der Waals surface area contributed by atoms with Crippen molar-refractivity contribution in [2.24, 2.45) is 0 Å². The Morgan fingerprint density at radius 1 is 1.35 bits per heavy atom. The third kappa shape index (κ3) is 2.80. The van der Waals surface area contributed by atoms with Crippen LogP contribution in [0.2, 0.25) is 0 Å². The van der Waals surface area contributed by atoms with E-state index in [2.05, 4.69) is 20.8 Å². The Balaban J connectivity index is 3.21. The summed E-state index contributed by atoms with van der Waals surface area (Å²) < 4.78 is 0. The second kappa shape index (κ2) is 5.08. The highest BCUT2D eigenvalue weighted by molar-refractivity contribution is 7.14. The maximum atomic E-state index is 12.4. The number of hydrogen-bond donors (Lipinski definition) is 1. The number of nitrogen functional groups attached to an aromatic ring is 1. The van der Waals surface area contributed by atoms with Crippen LogP contribution in [0.4, 0.5) is 5.00 Å². The van der Waals surface area contributed by atoms with E-state index in [1.165, 1.54) is 11.3 Å². The van der Waals surface area contributed by atoms with E-state index in [9.17, 15) is 4.79 Å². The van der Waals surface area contributed by atoms with E-state index in [1.807, 2.05) is 24.1 Å². The summed E-state index contributed by atoms with van der Waals surface area (Å²) in [5, 5.41) is 2.64. The highest BCUT2D eigenvalue weighted by Gasteiger charge is 2.27. The molecule has 0 atom stereocenters. The van der Waals surface area contributed by atoms with Crippen LogP contribution in [0.5, 0.6) is 0 Å². The van der Waals surface area contributed by atoms with Crippen LogP contribution >= 0.6 is 11.3 Å². The number of amides is 1. The van der Waals surface area contributed by atoms with E-state index in [0.717, 1.165) is 5.56 Å². The highest BCUT2D eigenvalue weighted by atomic mass is 32.1. The fraction of sp³-hybridized carbons (Fsp3) is 0.615. The molecule has 0 saturated carbocycles. The molecule has 0 unspecified atom stereocenters. The quantitative estimate of drug-likeness (QED) is 0.901. The average Bonchev–Trinajstić information content (AvgIpc) is 2.61. The first-order valence-corrected chi connectivity index (χ1v) is 6.87. The molecule has 1 aromatic heterocycles. The molecule has 4 heteroatoms. The number of carbonyl (C=O) groups excluding carboxylic acids is 1. The van der Waals surface area contributed by atoms with E-state index in [4.69, 9.17) is 5.73 Å². The zero-order chi connectivity index (χ0) is 13.2. The monoisotopic (exact) mass is 254 g/mol. The summed E-state index contributed by atoms with van der Waals surface area (Å²) in [4.78, 5) is 14.2. The molecule has 1 amide bonds. The van der Waals surface area contributed by atoms with Gasteiger partial charge in [0.25, 0.3) is 5.91 Å². The molecule has 0 aliphatic carbocycles. The molecule has 0 aliphatic heterocycles. The fourth-order valence-electron chi connectivity index (χ4n) is 1.81. The summed E-state index contributed by atoms with van der Waals surface area (Å²) >= 11 is 1.45. The van der Waals surface area contributed by atoms with Crippen molar-refractivity contribution in [1.82, 2.24) is 4.90 Å². The Bertz CT molecular complexity index is 400. The zero-order valence-electron chi connectivity index (χ0n) is 11.3. The van der Waals surface area contributed by atoms with Gasteiger partial charge in [0.15, 0.2) is 0 Å². The van der Waals surface area contributed by atoms with Gasteiger partial charge in [0.05, 0.1) is 10.6 Å². The normalized spacial score (nSPS) is 11.6. The van der Waals surface area contributed by atoms with Crippen molar-refractivity contribution in [3.63, 3.8) is 0 Å². The lowest BCUT2D eigenvalue weighted by Gasteiger charge is -2.23. The van der Waals surface area contributed by atoms with Crippen LogP contribution in [-0.4, -0.2) is 23.9 Å². The maximum absolute atomic E-state index is 12.4. The lowest BCUT2D eigenvalue weighted by molar-refractivity contribution is 0.0772. The number of hydrogen-bond acceptors (Lipinski definition) is 3. The second-order valence-electron chi connectivity index (χ2n) is 5.12. The third-order valence-electron chi connectivity index (χ3n) is 2.89. The molecule has 1 aromatic rings. The van der Waals surface area contributed by atoms with Gasteiger partial charge in [0.1, 0.15) is 0 Å². The minimum absolute atomic E-state index is 0.0493. The molecule has 1 heterocycles. The van der Waals surface area contributed by atoms with Crippen molar-refractivity contribution in [1.29, 1.82) is 0 Å². The summed E-state index contributed by atoms with van der Waals surface area (Å²) in [6, 6.07) is 0. The fourth-order valence-corrected chi connectivity index (χ4v) is 2.85. The molecule has 2 N–H and O–H groups in total. The Morgan fingerprint density at radius 2 is 1.88 bits per heavy atom. The highest BCUT2D eigenvalue weighted by Crippen LogP contribution is 2.35. The molecular formula is C13H22N2OS.